The minimum Gasteiger partial charge on any atom is -0.445 e. The number of benzene rings is 1. The number of rotatable bonds is 5. The van der Waals surface area contributed by atoms with Gasteiger partial charge >= 0.3 is 6.09 Å². The third-order valence-corrected chi connectivity index (χ3v) is 3.72. The number of carbonyl (C=O) groups excluding carboxylic acids is 2. The summed E-state index contributed by atoms with van der Waals surface area (Å²) >= 11 is 0. The average molecular weight is 320 g/mol. The summed E-state index contributed by atoms with van der Waals surface area (Å²) in [7, 11) is 0. The Bertz CT molecular complexity index is 551. The van der Waals surface area contributed by atoms with E-state index in [4.69, 9.17) is 4.74 Å². The first-order chi connectivity index (χ1) is 11.1. The van der Waals surface area contributed by atoms with Crippen molar-refractivity contribution in [1.29, 1.82) is 0 Å². The van der Waals surface area contributed by atoms with E-state index < -0.39 is 0 Å². The highest BCUT2D eigenvalue weighted by Gasteiger charge is 2.24. The molecular formula is C17H21FN2O3. The van der Waals surface area contributed by atoms with Gasteiger partial charge in [0.1, 0.15) is 12.4 Å². The van der Waals surface area contributed by atoms with Crippen LogP contribution in [0.15, 0.2) is 36.9 Å². The van der Waals surface area contributed by atoms with Crippen LogP contribution in [0.1, 0.15) is 18.4 Å². The predicted molar refractivity (Wildman–Crippen MR) is 84.4 cm³/mol. The summed E-state index contributed by atoms with van der Waals surface area (Å²) in [5.74, 6) is -0.408. The Morgan fingerprint density at radius 3 is 2.57 bits per heavy atom. The molecule has 124 valence electrons. The van der Waals surface area contributed by atoms with Crippen LogP contribution in [0.5, 0.6) is 0 Å². The van der Waals surface area contributed by atoms with Gasteiger partial charge in [0.05, 0.1) is 6.42 Å². The first-order valence-electron chi connectivity index (χ1n) is 7.65. The maximum Gasteiger partial charge on any atom is 0.410 e. The zero-order chi connectivity index (χ0) is 16.7. The molecule has 2 rings (SSSR count). The van der Waals surface area contributed by atoms with Crippen LogP contribution in [0.4, 0.5) is 9.18 Å². The van der Waals surface area contributed by atoms with E-state index in [1.54, 1.807) is 17.0 Å². The highest BCUT2D eigenvalue weighted by molar-refractivity contribution is 5.78. The molecule has 5 nitrogen and oxygen atoms in total. The molecule has 0 aliphatic carbocycles. The van der Waals surface area contributed by atoms with Gasteiger partial charge in [0.15, 0.2) is 0 Å². The molecule has 1 N–H and O–H groups in total. The number of amides is 2. The molecule has 1 aromatic rings. The predicted octanol–water partition coefficient (Wildman–Crippen LogP) is 2.27. The van der Waals surface area contributed by atoms with Gasteiger partial charge in [-0.1, -0.05) is 24.8 Å². The maximum absolute atomic E-state index is 12.8. The standard InChI is InChI=1S/C17H21FN2O3/c1-2-11-23-17(22)20-9-7-15(8-10-20)19-16(21)12-13-3-5-14(18)6-4-13/h2-6,15H,1,7-12H2,(H,19,21). The molecule has 1 aromatic carbocycles. The molecular weight excluding hydrogens is 299 g/mol. The smallest absolute Gasteiger partial charge is 0.410 e. The summed E-state index contributed by atoms with van der Waals surface area (Å²) in [6.45, 7) is 4.81. The molecule has 0 atom stereocenters. The van der Waals surface area contributed by atoms with Crippen LogP contribution in [0.25, 0.3) is 0 Å². The quantitative estimate of drug-likeness (QED) is 0.847. The van der Waals surface area contributed by atoms with Gasteiger partial charge in [-0.3, -0.25) is 4.79 Å². The molecule has 0 unspecified atom stereocenters. The second-order valence-electron chi connectivity index (χ2n) is 5.50. The molecule has 1 heterocycles. The zero-order valence-electron chi connectivity index (χ0n) is 13.0. The molecule has 0 bridgehead atoms. The highest BCUT2D eigenvalue weighted by atomic mass is 19.1. The summed E-state index contributed by atoms with van der Waals surface area (Å²) < 4.78 is 17.8. The van der Waals surface area contributed by atoms with Crippen molar-refractivity contribution in [2.24, 2.45) is 0 Å². The second-order valence-corrected chi connectivity index (χ2v) is 5.50. The van der Waals surface area contributed by atoms with Crippen LogP contribution in [0.2, 0.25) is 0 Å². The molecule has 1 saturated heterocycles. The van der Waals surface area contributed by atoms with Crippen molar-refractivity contribution in [1.82, 2.24) is 10.2 Å². The van der Waals surface area contributed by atoms with Gasteiger partial charge in [-0.25, -0.2) is 9.18 Å². The number of carbonyl (C=O) groups is 2. The Morgan fingerprint density at radius 1 is 1.30 bits per heavy atom. The number of hydrogen-bond donors (Lipinski definition) is 1. The Balaban J connectivity index is 1.73. The van der Waals surface area contributed by atoms with Crippen LogP contribution in [-0.4, -0.2) is 42.6 Å². The summed E-state index contributed by atoms with van der Waals surface area (Å²) in [6.07, 6.45) is 2.79. The molecule has 0 aromatic heterocycles. The fourth-order valence-corrected chi connectivity index (χ4v) is 2.49. The van der Waals surface area contributed by atoms with Gasteiger partial charge in [-0.15, -0.1) is 0 Å². The van der Waals surface area contributed by atoms with Gasteiger partial charge in [0.25, 0.3) is 0 Å². The SMILES string of the molecule is C=CCOC(=O)N1CCC(NC(=O)Cc2ccc(F)cc2)CC1. The summed E-state index contributed by atoms with van der Waals surface area (Å²) in [4.78, 5) is 25.3. The summed E-state index contributed by atoms with van der Waals surface area (Å²) in [5.41, 5.74) is 0.773. The summed E-state index contributed by atoms with van der Waals surface area (Å²) in [5, 5.41) is 2.96. The maximum atomic E-state index is 12.8. The van der Waals surface area contributed by atoms with E-state index in [-0.39, 0.29) is 36.9 Å². The molecule has 0 radical (unpaired) electrons. The number of nitrogens with one attached hydrogen (secondary N) is 1. The van der Waals surface area contributed by atoms with E-state index in [2.05, 4.69) is 11.9 Å². The van der Waals surface area contributed by atoms with Crippen LogP contribution >= 0.6 is 0 Å². The minimum absolute atomic E-state index is 0.0476. The highest BCUT2D eigenvalue weighted by Crippen LogP contribution is 2.12. The van der Waals surface area contributed by atoms with E-state index in [0.29, 0.717) is 25.9 Å². The largest absolute Gasteiger partial charge is 0.445 e. The average Bonchev–Trinajstić information content (AvgIpc) is 2.55. The van der Waals surface area contributed by atoms with E-state index in [9.17, 15) is 14.0 Å². The second kappa shape index (κ2) is 8.31. The van der Waals surface area contributed by atoms with Crippen molar-refractivity contribution < 1.29 is 18.7 Å². The van der Waals surface area contributed by atoms with Crippen molar-refractivity contribution >= 4 is 12.0 Å². The lowest BCUT2D eigenvalue weighted by Crippen LogP contribution is -2.47. The minimum atomic E-state index is -0.346. The molecule has 23 heavy (non-hydrogen) atoms. The normalized spacial score (nSPS) is 15.1. The van der Waals surface area contributed by atoms with Gasteiger partial charge in [0.2, 0.25) is 5.91 Å². The fourth-order valence-electron chi connectivity index (χ4n) is 2.49. The Labute approximate surface area is 135 Å². The number of ether oxygens (including phenoxy) is 1. The molecule has 6 heteroatoms. The Morgan fingerprint density at radius 2 is 1.96 bits per heavy atom. The molecule has 0 spiro atoms. The molecule has 0 saturated carbocycles. The van der Waals surface area contributed by atoms with Crippen LogP contribution in [0.3, 0.4) is 0 Å². The topological polar surface area (TPSA) is 58.6 Å². The van der Waals surface area contributed by atoms with Crippen LogP contribution < -0.4 is 5.32 Å². The van der Waals surface area contributed by atoms with Crippen LogP contribution in [0, 0.1) is 5.82 Å². The van der Waals surface area contributed by atoms with Crippen molar-refractivity contribution in [3.63, 3.8) is 0 Å². The fraction of sp³-hybridized carbons (Fsp3) is 0.412. The lowest BCUT2D eigenvalue weighted by atomic mass is 10.0. The van der Waals surface area contributed by atoms with Gasteiger partial charge in [-0.05, 0) is 30.5 Å². The van der Waals surface area contributed by atoms with E-state index in [1.165, 1.54) is 18.2 Å². The van der Waals surface area contributed by atoms with Gasteiger partial charge in [-0.2, -0.15) is 0 Å². The monoisotopic (exact) mass is 320 g/mol. The lowest BCUT2D eigenvalue weighted by Gasteiger charge is -2.31. The molecule has 1 aliphatic heterocycles. The van der Waals surface area contributed by atoms with Crippen molar-refractivity contribution in [3.8, 4) is 0 Å². The molecule has 2 amide bonds. The van der Waals surface area contributed by atoms with Crippen molar-refractivity contribution in [3.05, 3.63) is 48.3 Å². The van der Waals surface area contributed by atoms with E-state index in [0.717, 1.165) is 5.56 Å². The van der Waals surface area contributed by atoms with E-state index >= 15 is 0 Å². The number of piperidine rings is 1. The third kappa shape index (κ3) is 5.39. The summed E-state index contributed by atoms with van der Waals surface area (Å²) in [6, 6.07) is 5.94. The Hall–Kier alpha value is -2.37. The number of hydrogen-bond acceptors (Lipinski definition) is 3. The zero-order valence-corrected chi connectivity index (χ0v) is 13.0. The van der Waals surface area contributed by atoms with Gasteiger partial charge in [0, 0.05) is 19.1 Å². The van der Waals surface area contributed by atoms with Crippen molar-refractivity contribution in [2.75, 3.05) is 19.7 Å². The number of halogens is 1. The number of nitrogens with zero attached hydrogens (tertiary/aromatic N) is 1. The Kier molecular flexibility index (Phi) is 6.14. The lowest BCUT2D eigenvalue weighted by molar-refractivity contribution is -0.121. The molecule has 1 fully saturated rings. The van der Waals surface area contributed by atoms with Crippen LogP contribution in [-0.2, 0) is 16.0 Å². The van der Waals surface area contributed by atoms with E-state index in [1.807, 2.05) is 0 Å². The number of likely N-dealkylation sites (tertiary alicyclic amines) is 1. The van der Waals surface area contributed by atoms with Gasteiger partial charge < -0.3 is 15.0 Å². The molecule has 1 aliphatic rings. The third-order valence-electron chi connectivity index (χ3n) is 3.72. The van der Waals surface area contributed by atoms with Crippen molar-refractivity contribution in [2.45, 2.75) is 25.3 Å². The first kappa shape index (κ1) is 17.0. The first-order valence-corrected chi connectivity index (χ1v) is 7.65.